The van der Waals surface area contributed by atoms with Gasteiger partial charge in [0.1, 0.15) is 0 Å². The number of carbonyl (C=O) groups excluding carboxylic acids is 1. The van der Waals surface area contributed by atoms with Crippen LogP contribution in [0.5, 0.6) is 0 Å². The minimum Gasteiger partial charge on any atom is -0.481 e. The number of hydrogen-bond donors (Lipinski definition) is 2. The highest BCUT2D eigenvalue weighted by Gasteiger charge is 2.42. The highest BCUT2D eigenvalue weighted by molar-refractivity contribution is 5.95. The molecule has 2 N–H and O–H groups in total. The largest absolute Gasteiger partial charge is 0.481 e. The summed E-state index contributed by atoms with van der Waals surface area (Å²) in [5.41, 5.74) is -1.05. The van der Waals surface area contributed by atoms with Crippen LogP contribution in [0, 0.1) is 5.92 Å². The lowest BCUT2D eigenvalue weighted by molar-refractivity contribution is -0.160. The molecule has 6 heteroatoms. The SMILES string of the molecule is CCOC(=O)[C@@H](CC(C)(C(=O)O)c1ccccc1)C(=O)O. The molecule has 0 fully saturated rings. The van der Waals surface area contributed by atoms with Crippen molar-refractivity contribution in [2.24, 2.45) is 5.92 Å². The molecule has 0 saturated heterocycles. The van der Waals surface area contributed by atoms with Gasteiger partial charge in [-0.05, 0) is 25.8 Å². The summed E-state index contributed by atoms with van der Waals surface area (Å²) in [5, 5.41) is 18.7. The number of aliphatic carboxylic acids is 2. The topological polar surface area (TPSA) is 101 Å². The zero-order valence-corrected chi connectivity index (χ0v) is 11.9. The standard InChI is InChI=1S/C15H18O6/c1-3-21-13(18)11(12(16)17)9-15(2,14(19)20)10-7-5-4-6-8-10/h4-8,11H,3,9H2,1-2H3,(H,16,17)(H,19,20)/t11-,15?/m0/s1. The fourth-order valence-corrected chi connectivity index (χ4v) is 2.06. The van der Waals surface area contributed by atoms with E-state index in [0.717, 1.165) is 0 Å². The number of hydrogen-bond acceptors (Lipinski definition) is 4. The van der Waals surface area contributed by atoms with E-state index in [1.807, 2.05) is 0 Å². The monoisotopic (exact) mass is 294 g/mol. The quantitative estimate of drug-likeness (QED) is 0.586. The molecule has 1 aromatic rings. The zero-order valence-electron chi connectivity index (χ0n) is 11.9. The minimum atomic E-state index is -1.52. The lowest BCUT2D eigenvalue weighted by Gasteiger charge is -2.27. The van der Waals surface area contributed by atoms with Crippen LogP contribution in [0.1, 0.15) is 25.8 Å². The Labute approximate surface area is 122 Å². The predicted octanol–water partition coefficient (Wildman–Crippen LogP) is 1.68. The van der Waals surface area contributed by atoms with Gasteiger partial charge in [0.05, 0.1) is 12.0 Å². The smallest absolute Gasteiger partial charge is 0.320 e. The van der Waals surface area contributed by atoms with Gasteiger partial charge in [-0.25, -0.2) is 0 Å². The number of ether oxygens (including phenoxy) is 1. The lowest BCUT2D eigenvalue weighted by Crippen LogP contribution is -2.39. The second-order valence-corrected chi connectivity index (χ2v) is 4.85. The van der Waals surface area contributed by atoms with E-state index in [1.54, 1.807) is 37.3 Å². The second kappa shape index (κ2) is 6.88. The summed E-state index contributed by atoms with van der Waals surface area (Å²) in [7, 11) is 0. The first-order valence-corrected chi connectivity index (χ1v) is 6.51. The normalized spacial score (nSPS) is 14.8. The number of rotatable bonds is 7. The van der Waals surface area contributed by atoms with Crippen LogP contribution >= 0.6 is 0 Å². The van der Waals surface area contributed by atoms with Gasteiger partial charge in [-0.3, -0.25) is 14.4 Å². The molecule has 0 heterocycles. The van der Waals surface area contributed by atoms with Gasteiger partial charge in [-0.1, -0.05) is 30.3 Å². The third-order valence-corrected chi connectivity index (χ3v) is 3.36. The van der Waals surface area contributed by atoms with Crippen molar-refractivity contribution in [3.8, 4) is 0 Å². The maximum atomic E-state index is 11.7. The van der Waals surface area contributed by atoms with Crippen LogP contribution < -0.4 is 0 Å². The average Bonchev–Trinajstić information content (AvgIpc) is 2.45. The van der Waals surface area contributed by atoms with Crippen molar-refractivity contribution in [2.45, 2.75) is 25.7 Å². The molecule has 21 heavy (non-hydrogen) atoms. The molecule has 1 unspecified atom stereocenters. The van der Waals surface area contributed by atoms with Crippen molar-refractivity contribution in [3.05, 3.63) is 35.9 Å². The molecule has 0 saturated carbocycles. The molecule has 0 spiro atoms. The first-order valence-electron chi connectivity index (χ1n) is 6.51. The molecule has 0 radical (unpaired) electrons. The predicted molar refractivity (Wildman–Crippen MR) is 73.8 cm³/mol. The van der Waals surface area contributed by atoms with Gasteiger partial charge < -0.3 is 14.9 Å². The van der Waals surface area contributed by atoms with E-state index < -0.39 is 29.2 Å². The number of esters is 1. The molecule has 0 aliphatic rings. The van der Waals surface area contributed by atoms with Gasteiger partial charge in [-0.15, -0.1) is 0 Å². The van der Waals surface area contributed by atoms with Gasteiger partial charge in [-0.2, -0.15) is 0 Å². The van der Waals surface area contributed by atoms with Crippen molar-refractivity contribution >= 4 is 17.9 Å². The summed E-state index contributed by atoms with van der Waals surface area (Å²) in [6.07, 6.45) is -0.374. The molecular formula is C15H18O6. The fourth-order valence-electron chi connectivity index (χ4n) is 2.06. The number of carbonyl (C=O) groups is 3. The third kappa shape index (κ3) is 3.81. The summed E-state index contributed by atoms with van der Waals surface area (Å²) in [6.45, 7) is 3.00. The molecule has 0 bridgehead atoms. The molecule has 1 rings (SSSR count). The Balaban J connectivity index is 3.14. The molecule has 0 aliphatic heterocycles. The van der Waals surface area contributed by atoms with Gasteiger partial charge >= 0.3 is 17.9 Å². The van der Waals surface area contributed by atoms with Crippen LogP contribution in [-0.2, 0) is 24.5 Å². The van der Waals surface area contributed by atoms with Gasteiger partial charge in [0.15, 0.2) is 5.92 Å². The summed E-state index contributed by atoms with van der Waals surface area (Å²) in [4.78, 5) is 34.6. The van der Waals surface area contributed by atoms with Crippen LogP contribution in [0.25, 0.3) is 0 Å². The third-order valence-electron chi connectivity index (χ3n) is 3.36. The van der Waals surface area contributed by atoms with E-state index in [0.29, 0.717) is 5.56 Å². The Hall–Kier alpha value is -2.37. The first-order chi connectivity index (χ1) is 9.82. The van der Waals surface area contributed by atoms with Crippen LogP contribution in [0.4, 0.5) is 0 Å². The Kier molecular flexibility index (Phi) is 5.46. The Morgan fingerprint density at radius 2 is 1.76 bits per heavy atom. The van der Waals surface area contributed by atoms with Crippen molar-refractivity contribution < 1.29 is 29.3 Å². The molecule has 0 aliphatic carbocycles. The maximum absolute atomic E-state index is 11.7. The van der Waals surface area contributed by atoms with Crippen LogP contribution in [0.2, 0.25) is 0 Å². The van der Waals surface area contributed by atoms with Crippen LogP contribution in [0.15, 0.2) is 30.3 Å². The molecule has 6 nitrogen and oxygen atoms in total. The van der Waals surface area contributed by atoms with Gasteiger partial charge in [0.25, 0.3) is 0 Å². The molecule has 2 atom stereocenters. The molecule has 0 amide bonds. The van der Waals surface area contributed by atoms with Crippen molar-refractivity contribution in [1.82, 2.24) is 0 Å². The van der Waals surface area contributed by atoms with Crippen molar-refractivity contribution in [2.75, 3.05) is 6.61 Å². The lowest BCUT2D eigenvalue weighted by atomic mass is 9.75. The van der Waals surface area contributed by atoms with Gasteiger partial charge in [0, 0.05) is 0 Å². The number of benzene rings is 1. The van der Waals surface area contributed by atoms with E-state index in [9.17, 15) is 19.5 Å². The first kappa shape index (κ1) is 16.7. The highest BCUT2D eigenvalue weighted by Crippen LogP contribution is 2.32. The number of carboxylic acid groups (broad SMARTS) is 2. The molecule has 1 aromatic carbocycles. The van der Waals surface area contributed by atoms with Crippen LogP contribution in [0.3, 0.4) is 0 Å². The Morgan fingerprint density at radius 3 is 2.19 bits per heavy atom. The summed E-state index contributed by atoms with van der Waals surface area (Å²) in [5.74, 6) is -5.03. The number of carboxylic acids is 2. The van der Waals surface area contributed by atoms with E-state index in [2.05, 4.69) is 0 Å². The zero-order chi connectivity index (χ0) is 16.0. The van der Waals surface area contributed by atoms with E-state index >= 15 is 0 Å². The van der Waals surface area contributed by atoms with Gasteiger partial charge in [0.2, 0.25) is 0 Å². The summed E-state index contributed by atoms with van der Waals surface area (Å²) < 4.78 is 4.71. The fraction of sp³-hybridized carbons (Fsp3) is 0.400. The molecule has 0 aromatic heterocycles. The van der Waals surface area contributed by atoms with E-state index in [-0.39, 0.29) is 13.0 Å². The van der Waals surface area contributed by atoms with E-state index in [4.69, 9.17) is 9.84 Å². The maximum Gasteiger partial charge on any atom is 0.320 e. The molecular weight excluding hydrogens is 276 g/mol. The van der Waals surface area contributed by atoms with Crippen molar-refractivity contribution in [1.29, 1.82) is 0 Å². The summed E-state index contributed by atoms with van der Waals surface area (Å²) in [6, 6.07) is 8.25. The van der Waals surface area contributed by atoms with E-state index in [1.165, 1.54) is 6.92 Å². The average molecular weight is 294 g/mol. The van der Waals surface area contributed by atoms with Crippen molar-refractivity contribution in [3.63, 3.8) is 0 Å². The Morgan fingerprint density at radius 1 is 1.19 bits per heavy atom. The second-order valence-electron chi connectivity index (χ2n) is 4.85. The molecule has 114 valence electrons. The summed E-state index contributed by atoms with van der Waals surface area (Å²) >= 11 is 0. The highest BCUT2D eigenvalue weighted by atomic mass is 16.5. The Bertz CT molecular complexity index is 524. The minimum absolute atomic E-state index is 0.0394. The van der Waals surface area contributed by atoms with Crippen LogP contribution in [-0.4, -0.2) is 34.7 Å².